The molecule has 2 aromatic rings. The summed E-state index contributed by atoms with van der Waals surface area (Å²) in [6, 6.07) is 16.7. The first-order valence-electron chi connectivity index (χ1n) is 15.5. The molecule has 2 N–H and O–H groups in total. The Hall–Kier alpha value is -3.90. The van der Waals surface area contributed by atoms with E-state index in [9.17, 15) is 33.2 Å². The van der Waals surface area contributed by atoms with Crippen molar-refractivity contribution in [1.82, 2.24) is 0 Å². The van der Waals surface area contributed by atoms with Gasteiger partial charge in [-0.25, -0.2) is 9.59 Å². The number of ether oxygens (including phenoxy) is 5. The summed E-state index contributed by atoms with van der Waals surface area (Å²) >= 11 is 0. The summed E-state index contributed by atoms with van der Waals surface area (Å²) in [4.78, 5) is 54.6. The summed E-state index contributed by atoms with van der Waals surface area (Å²) in [6.45, 7) is 10.9. The van der Waals surface area contributed by atoms with Crippen molar-refractivity contribution in [3.05, 3.63) is 85.0 Å². The van der Waals surface area contributed by atoms with Crippen LogP contribution < -0.4 is 10.6 Å². The SMILES string of the molecule is C.C=C(C)C(=O)OCCOCCOC(=O)CCP(=O)(O)c1ccccc1.C=C(C)C(=O)OCCOCCOP(=O)(CCC(=O)O)c1ccccc1. The number of hydrogen-bond donors (Lipinski definition) is 2. The minimum Gasteiger partial charge on any atom is -0.481 e. The van der Waals surface area contributed by atoms with Crippen molar-refractivity contribution in [2.24, 2.45) is 0 Å². The van der Waals surface area contributed by atoms with Crippen molar-refractivity contribution in [2.45, 2.75) is 34.1 Å². The normalized spacial score (nSPS) is 12.7. The molecule has 0 aliphatic rings. The lowest BCUT2D eigenvalue weighted by atomic mass is 10.4. The predicted molar refractivity (Wildman–Crippen MR) is 193 cm³/mol. The molecule has 0 saturated heterocycles. The van der Waals surface area contributed by atoms with E-state index in [4.69, 9.17) is 33.3 Å². The first kappa shape index (κ1) is 47.1. The quantitative estimate of drug-likeness (QED) is 0.0528. The van der Waals surface area contributed by atoms with Crippen molar-refractivity contribution in [3.63, 3.8) is 0 Å². The van der Waals surface area contributed by atoms with Crippen LogP contribution in [0.3, 0.4) is 0 Å². The van der Waals surface area contributed by atoms with Crippen molar-refractivity contribution in [2.75, 3.05) is 65.2 Å². The van der Waals surface area contributed by atoms with E-state index >= 15 is 0 Å². The van der Waals surface area contributed by atoms with Gasteiger partial charge >= 0.3 is 23.9 Å². The number of rotatable bonds is 23. The van der Waals surface area contributed by atoms with Crippen LogP contribution in [0.25, 0.3) is 0 Å². The second kappa shape index (κ2) is 26.0. The van der Waals surface area contributed by atoms with E-state index in [1.807, 2.05) is 0 Å². The van der Waals surface area contributed by atoms with E-state index in [1.165, 1.54) is 0 Å². The Balaban J connectivity index is 0.000000962. The molecule has 0 heterocycles. The Bertz CT molecular complexity index is 1480. The highest BCUT2D eigenvalue weighted by atomic mass is 31.2. The van der Waals surface area contributed by atoms with Crippen LogP contribution >= 0.6 is 14.7 Å². The zero-order valence-corrected chi connectivity index (χ0v) is 30.1. The van der Waals surface area contributed by atoms with Gasteiger partial charge < -0.3 is 38.2 Å². The van der Waals surface area contributed by atoms with Gasteiger partial charge in [0.1, 0.15) is 19.8 Å². The minimum absolute atomic E-state index is 0. The molecule has 0 aliphatic heterocycles. The van der Waals surface area contributed by atoms with Crippen LogP contribution in [0.1, 0.15) is 34.1 Å². The van der Waals surface area contributed by atoms with Gasteiger partial charge in [0.05, 0.1) is 45.9 Å². The summed E-state index contributed by atoms with van der Waals surface area (Å²) in [6.07, 6.45) is -0.654. The smallest absolute Gasteiger partial charge is 0.333 e. The van der Waals surface area contributed by atoms with E-state index in [0.717, 1.165) is 0 Å². The molecule has 0 spiro atoms. The van der Waals surface area contributed by atoms with Crippen LogP contribution in [-0.2, 0) is 56.5 Å². The Morgan fingerprint density at radius 1 is 0.627 bits per heavy atom. The number of hydrogen-bond acceptors (Lipinski definition) is 12. The van der Waals surface area contributed by atoms with Gasteiger partial charge in [-0.1, -0.05) is 57.0 Å². The minimum atomic E-state index is -3.56. The van der Waals surface area contributed by atoms with Gasteiger partial charge in [0, 0.05) is 34.1 Å². The van der Waals surface area contributed by atoms with E-state index < -0.39 is 38.6 Å². The fraction of sp³-hybridized carbons (Fsp3) is 0.429. The molecule has 2 atom stereocenters. The number of carboxylic acids is 1. The number of benzene rings is 2. The van der Waals surface area contributed by atoms with Gasteiger partial charge in [-0.05, 0) is 38.1 Å². The highest BCUT2D eigenvalue weighted by Gasteiger charge is 2.27. The van der Waals surface area contributed by atoms with Crippen molar-refractivity contribution < 1.29 is 66.5 Å². The molecule has 0 aliphatic carbocycles. The molecule has 0 amide bonds. The van der Waals surface area contributed by atoms with Crippen LogP contribution in [0.2, 0.25) is 0 Å². The van der Waals surface area contributed by atoms with Crippen molar-refractivity contribution >= 4 is 49.2 Å². The predicted octanol–water partition coefficient (Wildman–Crippen LogP) is 4.50. The van der Waals surface area contributed by atoms with Gasteiger partial charge in [-0.15, -0.1) is 0 Å². The maximum absolute atomic E-state index is 13.0. The largest absolute Gasteiger partial charge is 0.481 e. The zero-order chi connectivity index (χ0) is 37.4. The van der Waals surface area contributed by atoms with Gasteiger partial charge in [-0.3, -0.25) is 18.7 Å². The number of carbonyl (C=O) groups excluding carboxylic acids is 3. The lowest BCUT2D eigenvalue weighted by Crippen LogP contribution is -2.16. The molecule has 16 heteroatoms. The van der Waals surface area contributed by atoms with Crippen molar-refractivity contribution in [1.29, 1.82) is 0 Å². The molecule has 0 aromatic heterocycles. The molecule has 0 radical (unpaired) electrons. The third-order valence-electron chi connectivity index (χ3n) is 6.19. The molecule has 284 valence electrons. The van der Waals surface area contributed by atoms with Crippen LogP contribution in [-0.4, -0.2) is 99.1 Å². The fourth-order valence-electron chi connectivity index (χ4n) is 3.57. The summed E-state index contributed by atoms with van der Waals surface area (Å²) in [5.41, 5.74) is 0.621. The van der Waals surface area contributed by atoms with E-state index in [1.54, 1.807) is 74.5 Å². The van der Waals surface area contributed by atoms with Crippen LogP contribution in [0.4, 0.5) is 0 Å². The second-order valence-electron chi connectivity index (χ2n) is 10.5. The Labute approximate surface area is 299 Å². The number of aliphatic carboxylic acids is 1. The lowest BCUT2D eigenvalue weighted by Gasteiger charge is -2.18. The molecule has 2 unspecified atom stereocenters. The molecule has 14 nitrogen and oxygen atoms in total. The monoisotopic (exact) mass is 756 g/mol. The first-order valence-corrected chi connectivity index (χ1v) is 19.2. The molecular formula is C35H50O14P2. The van der Waals surface area contributed by atoms with Gasteiger partial charge in [-0.2, -0.15) is 0 Å². The van der Waals surface area contributed by atoms with Gasteiger partial charge in [0.2, 0.25) is 14.7 Å². The summed E-state index contributed by atoms with van der Waals surface area (Å²) in [5, 5.41) is 9.62. The number of esters is 3. The lowest BCUT2D eigenvalue weighted by molar-refractivity contribution is -0.145. The first-order chi connectivity index (χ1) is 23.7. The third kappa shape index (κ3) is 21.2. The Morgan fingerprint density at radius 2 is 1.06 bits per heavy atom. The van der Waals surface area contributed by atoms with Crippen LogP contribution in [0.5, 0.6) is 0 Å². The summed E-state index contributed by atoms with van der Waals surface area (Å²) in [5.74, 6) is -2.57. The fourth-order valence-corrected chi connectivity index (χ4v) is 6.97. The summed E-state index contributed by atoms with van der Waals surface area (Å²) < 4.78 is 55.6. The molecular weight excluding hydrogens is 706 g/mol. The van der Waals surface area contributed by atoms with E-state index in [-0.39, 0.29) is 85.4 Å². The molecule has 0 fully saturated rings. The molecule has 0 saturated carbocycles. The average molecular weight is 757 g/mol. The van der Waals surface area contributed by atoms with E-state index in [0.29, 0.717) is 21.8 Å². The molecule has 0 bridgehead atoms. The molecule has 2 rings (SSSR count). The van der Waals surface area contributed by atoms with Crippen LogP contribution in [0, 0.1) is 0 Å². The standard InChI is InChI=1S/2C17H23O7P.CH4/c1-14(2)17(19)24-12-10-22-9-11-23-16(18)8-13-25(20,21)15-6-4-3-5-7-15;1-14(2)17(20)23-11-9-22-10-12-24-25(21,13-8-16(18)19)15-6-4-3-5-7-15;/h3-7H,1,8-13H2,2H3,(H,20,21);3-7H,1,8-13H2,2H3,(H,18,19);1H4. The van der Waals surface area contributed by atoms with Gasteiger partial charge in [0.15, 0.2) is 0 Å². The zero-order valence-electron chi connectivity index (χ0n) is 28.4. The highest BCUT2D eigenvalue weighted by molar-refractivity contribution is 7.67. The van der Waals surface area contributed by atoms with Gasteiger partial charge in [0.25, 0.3) is 0 Å². The molecule has 51 heavy (non-hydrogen) atoms. The second-order valence-corrected chi connectivity index (χ2v) is 15.4. The third-order valence-corrected chi connectivity index (χ3v) is 10.6. The Morgan fingerprint density at radius 3 is 1.51 bits per heavy atom. The number of carboxylic acid groups (broad SMARTS) is 1. The highest BCUT2D eigenvalue weighted by Crippen LogP contribution is 2.46. The topological polar surface area (TPSA) is 198 Å². The van der Waals surface area contributed by atoms with E-state index in [2.05, 4.69) is 13.2 Å². The van der Waals surface area contributed by atoms with Crippen molar-refractivity contribution in [3.8, 4) is 0 Å². The summed E-state index contributed by atoms with van der Waals surface area (Å²) in [7, 11) is -6.83. The molecule has 2 aromatic carbocycles. The maximum Gasteiger partial charge on any atom is 0.333 e. The maximum atomic E-state index is 13.0. The number of carbonyl (C=O) groups is 4. The Kier molecular flexibility index (Phi) is 24.0. The average Bonchev–Trinajstić information content (AvgIpc) is 3.09. The van der Waals surface area contributed by atoms with Crippen LogP contribution in [0.15, 0.2) is 85.0 Å².